The summed E-state index contributed by atoms with van der Waals surface area (Å²) in [6.45, 7) is 11.0. The zero-order valence-corrected chi connectivity index (χ0v) is 13.4. The van der Waals surface area contributed by atoms with Crippen LogP contribution in [-0.2, 0) is 13.1 Å². The number of nitrogens with one attached hydrogen (secondary N) is 1. The number of furan rings is 1. The third kappa shape index (κ3) is 4.26. The number of thioether (sulfide) groups is 1. The molecule has 0 spiro atoms. The highest BCUT2D eigenvalue weighted by Gasteiger charge is 2.24. The maximum Gasteiger partial charge on any atom is 0.118 e. The Morgan fingerprint density at radius 2 is 2.21 bits per heavy atom. The first-order valence-electron chi connectivity index (χ1n) is 7.09. The van der Waals surface area contributed by atoms with Crippen molar-refractivity contribution in [1.82, 2.24) is 10.2 Å². The molecule has 1 N–H and O–H groups in total. The molecule has 2 rings (SSSR count). The molecular formula is C15H26N2OS. The van der Waals surface area contributed by atoms with Crippen LogP contribution in [0, 0.1) is 6.92 Å². The topological polar surface area (TPSA) is 28.4 Å². The first kappa shape index (κ1) is 14.9. The quantitative estimate of drug-likeness (QED) is 0.919. The molecule has 1 aliphatic heterocycles. The Morgan fingerprint density at radius 3 is 2.95 bits per heavy atom. The first-order chi connectivity index (χ1) is 9.00. The molecule has 1 saturated heterocycles. The van der Waals surface area contributed by atoms with Gasteiger partial charge >= 0.3 is 0 Å². The van der Waals surface area contributed by atoms with E-state index >= 15 is 0 Å². The van der Waals surface area contributed by atoms with E-state index in [1.807, 2.05) is 7.05 Å². The summed E-state index contributed by atoms with van der Waals surface area (Å²) in [5, 5.41) is 3.14. The molecule has 1 aromatic heterocycles. The van der Waals surface area contributed by atoms with Crippen LogP contribution in [0.4, 0.5) is 0 Å². The highest BCUT2D eigenvalue weighted by molar-refractivity contribution is 8.00. The Hall–Kier alpha value is -0.450. The number of hydrogen-bond acceptors (Lipinski definition) is 4. The lowest BCUT2D eigenvalue weighted by Gasteiger charge is -2.22. The fourth-order valence-electron chi connectivity index (χ4n) is 2.47. The van der Waals surface area contributed by atoms with Crippen molar-refractivity contribution in [2.24, 2.45) is 0 Å². The molecule has 2 heterocycles. The summed E-state index contributed by atoms with van der Waals surface area (Å²) < 4.78 is 6.20. The van der Waals surface area contributed by atoms with Crippen molar-refractivity contribution < 1.29 is 4.42 Å². The smallest absolute Gasteiger partial charge is 0.118 e. The fourth-order valence-corrected chi connectivity index (χ4v) is 3.61. The lowest BCUT2D eigenvalue weighted by Crippen LogP contribution is -2.26. The molecule has 0 atom stereocenters. The van der Waals surface area contributed by atoms with Gasteiger partial charge in [-0.2, -0.15) is 11.8 Å². The minimum absolute atomic E-state index is 0.428. The molecule has 3 nitrogen and oxygen atoms in total. The van der Waals surface area contributed by atoms with Gasteiger partial charge in [0, 0.05) is 29.2 Å². The van der Waals surface area contributed by atoms with Gasteiger partial charge in [-0.15, -0.1) is 0 Å². The normalized spacial score (nSPS) is 20.4. The summed E-state index contributed by atoms with van der Waals surface area (Å²) in [6.07, 6.45) is 1.26. The van der Waals surface area contributed by atoms with Gasteiger partial charge in [0.25, 0.3) is 0 Å². The van der Waals surface area contributed by atoms with Crippen molar-refractivity contribution in [3.8, 4) is 0 Å². The van der Waals surface area contributed by atoms with Crippen molar-refractivity contribution in [3.05, 3.63) is 23.2 Å². The lowest BCUT2D eigenvalue weighted by molar-refractivity contribution is 0.274. The second kappa shape index (κ2) is 6.33. The van der Waals surface area contributed by atoms with E-state index in [9.17, 15) is 0 Å². The molecule has 1 fully saturated rings. The Morgan fingerprint density at radius 1 is 1.42 bits per heavy atom. The summed E-state index contributed by atoms with van der Waals surface area (Å²) in [7, 11) is 1.95. The molecule has 108 valence electrons. The molecule has 0 amide bonds. The molecule has 0 aliphatic carbocycles. The monoisotopic (exact) mass is 282 g/mol. The largest absolute Gasteiger partial charge is 0.465 e. The highest BCUT2D eigenvalue weighted by Crippen LogP contribution is 2.31. The van der Waals surface area contributed by atoms with Gasteiger partial charge in [-0.25, -0.2) is 0 Å². The second-order valence-corrected chi connectivity index (χ2v) is 7.76. The fraction of sp³-hybridized carbons (Fsp3) is 0.733. The number of rotatable bonds is 4. The van der Waals surface area contributed by atoms with Crippen molar-refractivity contribution in [3.63, 3.8) is 0 Å². The second-order valence-electron chi connectivity index (χ2n) is 5.96. The molecule has 0 saturated carbocycles. The molecule has 0 radical (unpaired) electrons. The average molecular weight is 282 g/mol. The van der Waals surface area contributed by atoms with Crippen LogP contribution < -0.4 is 5.32 Å². The van der Waals surface area contributed by atoms with Crippen LogP contribution >= 0.6 is 11.8 Å². The Bertz CT molecular complexity index is 414. The van der Waals surface area contributed by atoms with Gasteiger partial charge < -0.3 is 9.73 Å². The van der Waals surface area contributed by atoms with Crippen LogP contribution in [0.3, 0.4) is 0 Å². The molecule has 4 heteroatoms. The summed E-state index contributed by atoms with van der Waals surface area (Å²) in [5.74, 6) is 3.34. The van der Waals surface area contributed by atoms with E-state index in [1.165, 1.54) is 30.8 Å². The van der Waals surface area contributed by atoms with E-state index in [2.05, 4.69) is 48.8 Å². The van der Waals surface area contributed by atoms with Gasteiger partial charge in [-0.1, -0.05) is 13.8 Å². The van der Waals surface area contributed by atoms with Crippen LogP contribution in [-0.4, -0.2) is 35.5 Å². The molecule has 1 aromatic rings. The number of hydrogen-bond donors (Lipinski definition) is 1. The lowest BCUT2D eigenvalue weighted by atomic mass is 10.1. The van der Waals surface area contributed by atoms with Crippen molar-refractivity contribution in [2.75, 3.05) is 25.9 Å². The summed E-state index contributed by atoms with van der Waals surface area (Å²) in [5.41, 5.74) is 1.34. The third-order valence-corrected chi connectivity index (χ3v) is 5.12. The van der Waals surface area contributed by atoms with Crippen LogP contribution in [0.2, 0.25) is 0 Å². The zero-order valence-electron chi connectivity index (χ0n) is 12.6. The Labute approximate surface area is 121 Å². The van der Waals surface area contributed by atoms with Gasteiger partial charge in [0.05, 0.1) is 6.54 Å². The van der Waals surface area contributed by atoms with Crippen LogP contribution in [0.15, 0.2) is 10.5 Å². The van der Waals surface area contributed by atoms with E-state index in [0.29, 0.717) is 4.75 Å². The van der Waals surface area contributed by atoms with E-state index in [4.69, 9.17) is 4.42 Å². The molecular weight excluding hydrogens is 256 g/mol. The highest BCUT2D eigenvalue weighted by atomic mass is 32.2. The van der Waals surface area contributed by atoms with E-state index in [0.717, 1.165) is 24.6 Å². The summed E-state index contributed by atoms with van der Waals surface area (Å²) in [4.78, 5) is 2.56. The van der Waals surface area contributed by atoms with Crippen LogP contribution in [0.25, 0.3) is 0 Å². The predicted octanol–water partition coefficient (Wildman–Crippen LogP) is 3.02. The maximum absolute atomic E-state index is 5.77. The van der Waals surface area contributed by atoms with Gasteiger partial charge in [0.15, 0.2) is 0 Å². The third-order valence-electron chi connectivity index (χ3n) is 3.75. The van der Waals surface area contributed by atoms with Gasteiger partial charge in [0.2, 0.25) is 0 Å². The van der Waals surface area contributed by atoms with Crippen molar-refractivity contribution >= 4 is 11.8 Å². The minimum atomic E-state index is 0.428. The van der Waals surface area contributed by atoms with Crippen LogP contribution in [0.5, 0.6) is 0 Å². The van der Waals surface area contributed by atoms with Gasteiger partial charge in [-0.05, 0) is 33.0 Å². The summed E-state index contributed by atoms with van der Waals surface area (Å²) >= 11 is 2.10. The van der Waals surface area contributed by atoms with Crippen LogP contribution in [0.1, 0.15) is 37.4 Å². The van der Waals surface area contributed by atoms with E-state index in [-0.39, 0.29) is 0 Å². The molecule has 0 aromatic carbocycles. The predicted molar refractivity (Wildman–Crippen MR) is 82.6 cm³/mol. The SMILES string of the molecule is CNCc1cc(CN2CCSC(C)(C)CC2)c(C)o1. The summed E-state index contributed by atoms with van der Waals surface area (Å²) in [6, 6.07) is 2.20. The number of nitrogens with zero attached hydrogens (tertiary/aromatic N) is 1. The Balaban J connectivity index is 1.97. The zero-order chi connectivity index (χ0) is 13.9. The Kier molecular flexibility index (Phi) is 4.98. The molecule has 19 heavy (non-hydrogen) atoms. The molecule has 1 aliphatic rings. The molecule has 0 unspecified atom stereocenters. The number of aryl methyl sites for hydroxylation is 1. The minimum Gasteiger partial charge on any atom is -0.465 e. The van der Waals surface area contributed by atoms with Gasteiger partial charge in [0.1, 0.15) is 11.5 Å². The van der Waals surface area contributed by atoms with E-state index < -0.39 is 0 Å². The van der Waals surface area contributed by atoms with Crippen molar-refractivity contribution in [2.45, 2.75) is 45.0 Å². The standard InChI is InChI=1S/C15H26N2OS/c1-12-13(9-14(18-12)10-16-4)11-17-6-5-15(2,3)19-8-7-17/h9,16H,5-8,10-11H2,1-4H3. The average Bonchev–Trinajstić information content (AvgIpc) is 2.56. The first-order valence-corrected chi connectivity index (χ1v) is 8.08. The van der Waals surface area contributed by atoms with E-state index in [1.54, 1.807) is 0 Å². The molecule has 0 bridgehead atoms. The van der Waals surface area contributed by atoms with Crippen molar-refractivity contribution in [1.29, 1.82) is 0 Å². The van der Waals surface area contributed by atoms with Gasteiger partial charge in [-0.3, -0.25) is 4.90 Å². The maximum atomic E-state index is 5.77.